The van der Waals surface area contributed by atoms with Crippen LogP contribution in [-0.4, -0.2) is 6.04 Å². The minimum absolute atomic E-state index is 0.0247. The SMILES string of the molecule is NC(Cc1ccc(F)cc1)Cc1ccc(Cl)cc1. The first-order valence-electron chi connectivity index (χ1n) is 5.88. The van der Waals surface area contributed by atoms with Gasteiger partial charge in [-0.25, -0.2) is 4.39 Å². The summed E-state index contributed by atoms with van der Waals surface area (Å²) in [6.07, 6.45) is 1.53. The van der Waals surface area contributed by atoms with E-state index in [1.165, 1.54) is 12.1 Å². The lowest BCUT2D eigenvalue weighted by atomic mass is 10.00. The van der Waals surface area contributed by atoms with Gasteiger partial charge < -0.3 is 5.73 Å². The van der Waals surface area contributed by atoms with Gasteiger partial charge in [0, 0.05) is 11.1 Å². The molecule has 0 aromatic heterocycles. The molecule has 0 fully saturated rings. The lowest BCUT2D eigenvalue weighted by Crippen LogP contribution is -2.25. The summed E-state index contributed by atoms with van der Waals surface area (Å²) in [5.74, 6) is -0.218. The molecule has 0 saturated heterocycles. The molecular formula is C15H15ClFN. The van der Waals surface area contributed by atoms with Crippen molar-refractivity contribution >= 4 is 11.6 Å². The molecule has 3 heteroatoms. The molecule has 0 aliphatic rings. The average Bonchev–Trinajstić information content (AvgIpc) is 2.35. The van der Waals surface area contributed by atoms with E-state index in [4.69, 9.17) is 17.3 Å². The molecule has 1 nitrogen and oxygen atoms in total. The van der Waals surface area contributed by atoms with E-state index in [1.54, 1.807) is 12.1 Å². The number of hydrogen-bond donors (Lipinski definition) is 1. The lowest BCUT2D eigenvalue weighted by Gasteiger charge is -2.11. The second-order valence-corrected chi connectivity index (χ2v) is 4.86. The van der Waals surface area contributed by atoms with Crippen molar-refractivity contribution in [1.82, 2.24) is 0 Å². The van der Waals surface area contributed by atoms with E-state index in [0.717, 1.165) is 29.0 Å². The van der Waals surface area contributed by atoms with Crippen molar-refractivity contribution in [3.63, 3.8) is 0 Å². The van der Waals surface area contributed by atoms with E-state index in [9.17, 15) is 4.39 Å². The highest BCUT2D eigenvalue weighted by molar-refractivity contribution is 6.30. The second-order valence-electron chi connectivity index (χ2n) is 4.42. The number of rotatable bonds is 4. The third-order valence-electron chi connectivity index (χ3n) is 2.82. The molecule has 0 saturated carbocycles. The first-order valence-corrected chi connectivity index (χ1v) is 6.26. The largest absolute Gasteiger partial charge is 0.327 e. The van der Waals surface area contributed by atoms with Crippen LogP contribution in [0.15, 0.2) is 48.5 Å². The van der Waals surface area contributed by atoms with Crippen molar-refractivity contribution in [2.75, 3.05) is 0 Å². The predicted octanol–water partition coefficient (Wildman–Crippen LogP) is 3.59. The molecular weight excluding hydrogens is 249 g/mol. The zero-order valence-electron chi connectivity index (χ0n) is 9.94. The molecule has 2 aromatic carbocycles. The Balaban J connectivity index is 1.94. The van der Waals surface area contributed by atoms with E-state index >= 15 is 0 Å². The van der Waals surface area contributed by atoms with Crippen LogP contribution in [0.3, 0.4) is 0 Å². The monoisotopic (exact) mass is 263 g/mol. The molecule has 0 aliphatic heterocycles. The summed E-state index contributed by atoms with van der Waals surface area (Å²) < 4.78 is 12.8. The van der Waals surface area contributed by atoms with Crippen LogP contribution in [0.1, 0.15) is 11.1 Å². The molecule has 2 aromatic rings. The smallest absolute Gasteiger partial charge is 0.123 e. The van der Waals surface area contributed by atoms with Crippen molar-refractivity contribution in [3.05, 3.63) is 70.5 Å². The van der Waals surface area contributed by atoms with E-state index < -0.39 is 0 Å². The molecule has 0 amide bonds. The Morgan fingerprint density at radius 1 is 0.889 bits per heavy atom. The molecule has 18 heavy (non-hydrogen) atoms. The summed E-state index contributed by atoms with van der Waals surface area (Å²) in [7, 11) is 0. The summed E-state index contributed by atoms with van der Waals surface area (Å²) in [5.41, 5.74) is 8.30. The van der Waals surface area contributed by atoms with Crippen molar-refractivity contribution in [3.8, 4) is 0 Å². The van der Waals surface area contributed by atoms with Crippen molar-refractivity contribution in [2.24, 2.45) is 5.73 Å². The van der Waals surface area contributed by atoms with Crippen LogP contribution in [0.4, 0.5) is 4.39 Å². The third-order valence-corrected chi connectivity index (χ3v) is 3.07. The van der Waals surface area contributed by atoms with Crippen LogP contribution < -0.4 is 5.73 Å². The Kier molecular flexibility index (Phi) is 4.34. The molecule has 94 valence electrons. The first-order chi connectivity index (χ1) is 8.63. The number of halogens is 2. The van der Waals surface area contributed by atoms with Crippen LogP contribution in [-0.2, 0) is 12.8 Å². The van der Waals surface area contributed by atoms with Crippen LogP contribution in [0, 0.1) is 5.82 Å². The summed E-state index contributed by atoms with van der Waals surface area (Å²) in [6.45, 7) is 0. The zero-order valence-corrected chi connectivity index (χ0v) is 10.7. The predicted molar refractivity (Wildman–Crippen MR) is 73.2 cm³/mol. The standard InChI is InChI=1S/C15H15ClFN/c16-13-5-1-11(2-6-13)9-15(18)10-12-3-7-14(17)8-4-12/h1-8,15H,9-10,18H2. The zero-order chi connectivity index (χ0) is 13.0. The maximum Gasteiger partial charge on any atom is 0.123 e. The number of hydrogen-bond acceptors (Lipinski definition) is 1. The normalized spacial score (nSPS) is 12.4. The first kappa shape index (κ1) is 13.1. The summed E-state index contributed by atoms with van der Waals surface area (Å²) >= 11 is 5.83. The van der Waals surface area contributed by atoms with Crippen molar-refractivity contribution < 1.29 is 4.39 Å². The maximum atomic E-state index is 12.8. The Bertz CT molecular complexity index is 445. The Morgan fingerprint density at radius 3 is 1.83 bits per heavy atom. The fraction of sp³-hybridized carbons (Fsp3) is 0.200. The Morgan fingerprint density at radius 2 is 1.33 bits per heavy atom. The number of nitrogens with two attached hydrogens (primary N) is 1. The Labute approximate surface area is 111 Å². The van der Waals surface area contributed by atoms with E-state index in [-0.39, 0.29) is 11.9 Å². The van der Waals surface area contributed by atoms with Gasteiger partial charge in [0.25, 0.3) is 0 Å². The molecule has 2 N–H and O–H groups in total. The van der Waals surface area contributed by atoms with Gasteiger partial charge in [0.05, 0.1) is 0 Å². The molecule has 1 unspecified atom stereocenters. The molecule has 1 atom stereocenters. The quantitative estimate of drug-likeness (QED) is 0.896. The van der Waals surface area contributed by atoms with Crippen molar-refractivity contribution in [2.45, 2.75) is 18.9 Å². The number of benzene rings is 2. The van der Waals surface area contributed by atoms with Gasteiger partial charge in [0.1, 0.15) is 5.82 Å². The van der Waals surface area contributed by atoms with Gasteiger partial charge >= 0.3 is 0 Å². The highest BCUT2D eigenvalue weighted by atomic mass is 35.5. The van der Waals surface area contributed by atoms with E-state index in [2.05, 4.69) is 0 Å². The fourth-order valence-electron chi connectivity index (χ4n) is 1.92. The minimum atomic E-state index is -0.218. The molecule has 0 heterocycles. The lowest BCUT2D eigenvalue weighted by molar-refractivity contribution is 0.623. The Hall–Kier alpha value is -1.38. The average molecular weight is 264 g/mol. The van der Waals surface area contributed by atoms with Crippen molar-refractivity contribution in [1.29, 1.82) is 0 Å². The van der Waals surface area contributed by atoms with Gasteiger partial charge in [-0.15, -0.1) is 0 Å². The van der Waals surface area contributed by atoms with Gasteiger partial charge in [-0.2, -0.15) is 0 Å². The molecule has 0 radical (unpaired) electrons. The second kappa shape index (κ2) is 5.98. The van der Waals surface area contributed by atoms with Gasteiger partial charge in [0.2, 0.25) is 0 Å². The van der Waals surface area contributed by atoms with E-state index in [0.29, 0.717) is 0 Å². The van der Waals surface area contributed by atoms with Crippen LogP contribution in [0.2, 0.25) is 5.02 Å². The highest BCUT2D eigenvalue weighted by Gasteiger charge is 2.05. The summed E-state index contributed by atoms with van der Waals surface area (Å²) in [4.78, 5) is 0. The summed E-state index contributed by atoms with van der Waals surface area (Å²) in [6, 6.07) is 14.2. The van der Waals surface area contributed by atoms with Crippen LogP contribution in [0.5, 0.6) is 0 Å². The molecule has 0 spiro atoms. The molecule has 0 bridgehead atoms. The molecule has 2 rings (SSSR count). The minimum Gasteiger partial charge on any atom is -0.327 e. The van der Waals surface area contributed by atoms with Crippen LogP contribution in [0.25, 0.3) is 0 Å². The van der Waals surface area contributed by atoms with Gasteiger partial charge in [-0.05, 0) is 48.2 Å². The highest BCUT2D eigenvalue weighted by Crippen LogP contribution is 2.12. The summed E-state index contributed by atoms with van der Waals surface area (Å²) in [5, 5.41) is 0.728. The van der Waals surface area contributed by atoms with Gasteiger partial charge in [0.15, 0.2) is 0 Å². The van der Waals surface area contributed by atoms with E-state index in [1.807, 2.05) is 24.3 Å². The fourth-order valence-corrected chi connectivity index (χ4v) is 2.04. The van der Waals surface area contributed by atoms with Gasteiger partial charge in [-0.3, -0.25) is 0 Å². The third kappa shape index (κ3) is 3.83. The molecule has 0 aliphatic carbocycles. The van der Waals surface area contributed by atoms with Crippen LogP contribution >= 0.6 is 11.6 Å². The van der Waals surface area contributed by atoms with Gasteiger partial charge in [-0.1, -0.05) is 35.9 Å². The maximum absolute atomic E-state index is 12.8. The topological polar surface area (TPSA) is 26.0 Å².